The Hall–Kier alpha value is -2.28. The number of hydrogen-bond acceptors (Lipinski definition) is 5. The van der Waals surface area contributed by atoms with Gasteiger partial charge in [0.1, 0.15) is 6.33 Å². The summed E-state index contributed by atoms with van der Waals surface area (Å²) in [4.78, 5) is 11.7. The molecule has 0 spiro atoms. The summed E-state index contributed by atoms with van der Waals surface area (Å²) in [6.07, 6.45) is 2.60. The molecule has 1 aromatic carbocycles. The highest BCUT2D eigenvalue weighted by atomic mass is 16.1. The van der Waals surface area contributed by atoms with E-state index >= 15 is 0 Å². The lowest BCUT2D eigenvalue weighted by atomic mass is 10.1. The second-order valence-electron chi connectivity index (χ2n) is 4.19. The average Bonchev–Trinajstić information content (AvgIpc) is 2.93. The fraction of sp³-hybridized carbons (Fsp3) is 0.333. The molecule has 100 valence electrons. The molecule has 7 heteroatoms. The Labute approximate surface area is 110 Å². The minimum absolute atomic E-state index is 0.0394. The molecule has 1 amide bonds. The zero-order valence-electron chi connectivity index (χ0n) is 10.7. The number of aromatic nitrogens is 4. The molecule has 19 heavy (non-hydrogen) atoms. The summed E-state index contributed by atoms with van der Waals surface area (Å²) < 4.78 is 1.54. The van der Waals surface area contributed by atoms with Crippen molar-refractivity contribution in [1.29, 1.82) is 0 Å². The van der Waals surface area contributed by atoms with Crippen molar-refractivity contribution in [3.05, 3.63) is 30.1 Å². The van der Waals surface area contributed by atoms with E-state index in [1.54, 1.807) is 0 Å². The number of carbonyl (C=O) groups excluding carboxylic acids is 1. The normalized spacial score (nSPS) is 10.4. The predicted molar refractivity (Wildman–Crippen MR) is 70.8 cm³/mol. The Balaban J connectivity index is 2.16. The third kappa shape index (κ3) is 3.35. The van der Waals surface area contributed by atoms with E-state index in [1.807, 2.05) is 25.1 Å². The summed E-state index contributed by atoms with van der Waals surface area (Å²) in [6, 6.07) is 5.64. The van der Waals surface area contributed by atoms with Crippen LogP contribution in [-0.4, -0.2) is 32.7 Å². The number of hydrogen-bond donors (Lipinski definition) is 2. The maximum absolute atomic E-state index is 11.7. The number of nitrogens with one attached hydrogen (secondary N) is 1. The molecule has 0 fully saturated rings. The minimum Gasteiger partial charge on any atom is -0.330 e. The van der Waals surface area contributed by atoms with Crippen LogP contribution in [0.4, 0.5) is 5.69 Å². The number of anilines is 1. The first-order valence-electron chi connectivity index (χ1n) is 6.04. The fourth-order valence-corrected chi connectivity index (χ4v) is 1.64. The smallest absolute Gasteiger partial charge is 0.224 e. The highest BCUT2D eigenvalue weighted by Gasteiger charge is 2.07. The zero-order valence-corrected chi connectivity index (χ0v) is 10.7. The number of carbonyl (C=O) groups is 1. The largest absolute Gasteiger partial charge is 0.330 e. The molecule has 0 radical (unpaired) electrons. The molecule has 2 aromatic rings. The molecular weight excluding hydrogens is 244 g/mol. The van der Waals surface area contributed by atoms with Crippen LogP contribution < -0.4 is 11.1 Å². The lowest BCUT2D eigenvalue weighted by molar-refractivity contribution is -0.116. The quantitative estimate of drug-likeness (QED) is 0.822. The van der Waals surface area contributed by atoms with Crippen molar-refractivity contribution in [1.82, 2.24) is 20.2 Å². The monoisotopic (exact) mass is 260 g/mol. The van der Waals surface area contributed by atoms with Gasteiger partial charge in [-0.1, -0.05) is 6.07 Å². The molecule has 3 N–H and O–H groups in total. The van der Waals surface area contributed by atoms with Crippen LogP contribution in [0.15, 0.2) is 24.5 Å². The Morgan fingerprint density at radius 1 is 1.47 bits per heavy atom. The van der Waals surface area contributed by atoms with Crippen molar-refractivity contribution in [2.24, 2.45) is 5.73 Å². The van der Waals surface area contributed by atoms with Crippen molar-refractivity contribution in [2.75, 3.05) is 11.9 Å². The van der Waals surface area contributed by atoms with E-state index in [-0.39, 0.29) is 5.91 Å². The Kier molecular flexibility index (Phi) is 4.19. The minimum atomic E-state index is -0.0394. The zero-order chi connectivity index (χ0) is 13.7. The van der Waals surface area contributed by atoms with E-state index in [0.29, 0.717) is 19.4 Å². The van der Waals surface area contributed by atoms with Gasteiger partial charge in [-0.05, 0) is 48.0 Å². The number of nitrogens with two attached hydrogens (primary N) is 1. The first-order chi connectivity index (χ1) is 9.20. The average molecular weight is 260 g/mol. The molecule has 0 atom stereocenters. The Morgan fingerprint density at radius 2 is 2.32 bits per heavy atom. The molecule has 0 aliphatic carbocycles. The summed E-state index contributed by atoms with van der Waals surface area (Å²) in [5, 5.41) is 13.8. The van der Waals surface area contributed by atoms with E-state index in [9.17, 15) is 4.79 Å². The van der Waals surface area contributed by atoms with E-state index in [1.165, 1.54) is 11.0 Å². The van der Waals surface area contributed by atoms with E-state index < -0.39 is 0 Å². The summed E-state index contributed by atoms with van der Waals surface area (Å²) in [7, 11) is 0. The van der Waals surface area contributed by atoms with Gasteiger partial charge in [-0.25, -0.2) is 4.68 Å². The van der Waals surface area contributed by atoms with Gasteiger partial charge < -0.3 is 11.1 Å². The molecule has 1 heterocycles. The van der Waals surface area contributed by atoms with Crippen molar-refractivity contribution in [3.63, 3.8) is 0 Å². The number of tetrazole rings is 1. The second-order valence-corrected chi connectivity index (χ2v) is 4.19. The van der Waals surface area contributed by atoms with Gasteiger partial charge in [0, 0.05) is 12.1 Å². The number of rotatable bonds is 5. The molecule has 0 aliphatic heterocycles. The second kappa shape index (κ2) is 6.05. The van der Waals surface area contributed by atoms with Crippen molar-refractivity contribution < 1.29 is 4.79 Å². The molecule has 0 aliphatic rings. The third-order valence-electron chi connectivity index (χ3n) is 2.72. The van der Waals surface area contributed by atoms with Crippen LogP contribution in [0.1, 0.15) is 18.4 Å². The number of aryl methyl sites for hydroxylation is 1. The van der Waals surface area contributed by atoms with Crippen LogP contribution in [0.3, 0.4) is 0 Å². The summed E-state index contributed by atoms with van der Waals surface area (Å²) >= 11 is 0. The third-order valence-corrected chi connectivity index (χ3v) is 2.72. The molecule has 1 aromatic heterocycles. The predicted octanol–water partition coefficient (Wildman–Crippen LogP) is 0.648. The van der Waals surface area contributed by atoms with Crippen molar-refractivity contribution in [2.45, 2.75) is 19.8 Å². The summed E-state index contributed by atoms with van der Waals surface area (Å²) in [5.41, 5.74) is 7.92. The van der Waals surface area contributed by atoms with E-state index in [2.05, 4.69) is 20.8 Å². The molecule has 0 saturated heterocycles. The van der Waals surface area contributed by atoms with E-state index in [4.69, 9.17) is 5.73 Å². The first-order valence-corrected chi connectivity index (χ1v) is 6.04. The fourth-order valence-electron chi connectivity index (χ4n) is 1.64. The van der Waals surface area contributed by atoms with Crippen molar-refractivity contribution in [3.8, 4) is 5.69 Å². The molecule has 7 nitrogen and oxygen atoms in total. The Morgan fingerprint density at radius 3 is 3.00 bits per heavy atom. The van der Waals surface area contributed by atoms with Crippen LogP contribution >= 0.6 is 0 Å². The highest BCUT2D eigenvalue weighted by Crippen LogP contribution is 2.19. The lowest BCUT2D eigenvalue weighted by Gasteiger charge is -2.10. The van der Waals surface area contributed by atoms with Gasteiger partial charge in [0.15, 0.2) is 0 Å². The van der Waals surface area contributed by atoms with Crippen LogP contribution in [0, 0.1) is 6.92 Å². The highest BCUT2D eigenvalue weighted by molar-refractivity contribution is 5.91. The lowest BCUT2D eigenvalue weighted by Crippen LogP contribution is -2.14. The number of benzene rings is 1. The topological polar surface area (TPSA) is 98.7 Å². The van der Waals surface area contributed by atoms with Gasteiger partial charge >= 0.3 is 0 Å². The van der Waals surface area contributed by atoms with Gasteiger partial charge in [-0.15, -0.1) is 5.10 Å². The summed E-state index contributed by atoms with van der Waals surface area (Å²) in [6.45, 7) is 2.44. The van der Waals surface area contributed by atoms with Gasteiger partial charge in [0.05, 0.1) is 5.69 Å². The molecule has 0 unspecified atom stereocenters. The Bertz CT molecular complexity index is 551. The molecule has 0 bridgehead atoms. The van der Waals surface area contributed by atoms with Crippen LogP contribution in [0.25, 0.3) is 5.69 Å². The standard InChI is InChI=1S/C12H16N6O/c1-9-4-5-10(18-8-14-16-17-18)7-11(9)15-12(19)3-2-6-13/h4-5,7-8H,2-3,6,13H2,1H3,(H,15,19). The number of nitrogens with zero attached hydrogens (tertiary/aromatic N) is 4. The van der Waals surface area contributed by atoms with Gasteiger partial charge in [0.2, 0.25) is 5.91 Å². The maximum Gasteiger partial charge on any atom is 0.224 e. The van der Waals surface area contributed by atoms with Crippen LogP contribution in [0.2, 0.25) is 0 Å². The van der Waals surface area contributed by atoms with Gasteiger partial charge in [-0.3, -0.25) is 4.79 Å². The van der Waals surface area contributed by atoms with Crippen molar-refractivity contribution >= 4 is 11.6 Å². The molecule has 0 saturated carbocycles. The maximum atomic E-state index is 11.7. The van der Waals surface area contributed by atoms with Crippen LogP contribution in [0.5, 0.6) is 0 Å². The van der Waals surface area contributed by atoms with Crippen LogP contribution in [-0.2, 0) is 4.79 Å². The molecular formula is C12H16N6O. The van der Waals surface area contributed by atoms with Gasteiger partial charge in [-0.2, -0.15) is 0 Å². The summed E-state index contributed by atoms with van der Waals surface area (Å²) in [5.74, 6) is -0.0394. The SMILES string of the molecule is Cc1ccc(-n2cnnn2)cc1NC(=O)CCCN. The van der Waals surface area contributed by atoms with E-state index in [0.717, 1.165) is 16.9 Å². The number of amides is 1. The first kappa shape index (κ1) is 13.2. The van der Waals surface area contributed by atoms with Gasteiger partial charge in [0.25, 0.3) is 0 Å². The molecule has 2 rings (SSSR count).